The normalized spacial score (nSPS) is 24.8. The monoisotopic (exact) mass is 499 g/mol. The molecule has 184 valence electrons. The van der Waals surface area contributed by atoms with Gasteiger partial charge in [-0.3, -0.25) is 22.7 Å². The Morgan fingerprint density at radius 1 is 1.16 bits per heavy atom. The smallest absolute Gasteiger partial charge is 0.383 e. The van der Waals surface area contributed by atoms with Crippen molar-refractivity contribution >= 4 is 21.5 Å². The molecule has 13 nitrogen and oxygen atoms in total. The molecule has 15 heteroatoms. The number of nitrogens with two attached hydrogens (primary N) is 1. The summed E-state index contributed by atoms with van der Waals surface area (Å²) in [6.07, 6.45) is 0.845. The Kier molecular flexibility index (Phi) is 10.5. The van der Waals surface area contributed by atoms with Gasteiger partial charge < -0.3 is 20.3 Å². The van der Waals surface area contributed by atoms with Gasteiger partial charge in [0.05, 0.1) is 19.8 Å². The lowest BCUT2D eigenvalue weighted by molar-refractivity contribution is -0.0468. The van der Waals surface area contributed by atoms with E-state index in [9.17, 15) is 23.7 Å². The molecule has 5 atom stereocenters. The van der Waals surface area contributed by atoms with Crippen LogP contribution in [0.5, 0.6) is 0 Å². The summed E-state index contributed by atoms with van der Waals surface area (Å²) < 4.78 is 51.3. The van der Waals surface area contributed by atoms with Crippen LogP contribution in [0.1, 0.15) is 52.2 Å². The van der Waals surface area contributed by atoms with Crippen LogP contribution in [0, 0.1) is 0 Å². The lowest BCUT2D eigenvalue weighted by atomic mass is 10.2. The van der Waals surface area contributed by atoms with Crippen LogP contribution < -0.4 is 11.4 Å². The van der Waals surface area contributed by atoms with Crippen LogP contribution in [0.3, 0.4) is 0 Å². The second-order valence-corrected chi connectivity index (χ2v) is 10.0. The average molecular weight is 499 g/mol. The standard InChI is InChI=1S/C17H31N3O10P2/c1-3-5-9-26-31(22,23)28-12-14-13(30-32(24,25)27-10-6-4-2)11-16(29-14)20-8-7-15(18)19-17(20)21/h7-8,13-14,16H,3-6,9-12H2,1-2H3,(H,22,23)(H,24,25)(H2,18,19,21)/t13-,14?,16+/m0/s1. The molecule has 1 aliphatic rings. The molecule has 0 saturated carbocycles. The molecule has 2 rings (SSSR count). The first-order valence-corrected chi connectivity index (χ1v) is 13.3. The quantitative estimate of drug-likeness (QED) is 0.251. The highest BCUT2D eigenvalue weighted by Gasteiger charge is 2.43. The van der Waals surface area contributed by atoms with Gasteiger partial charge >= 0.3 is 21.3 Å². The fourth-order valence-electron chi connectivity index (χ4n) is 2.83. The van der Waals surface area contributed by atoms with Gasteiger partial charge in [0.2, 0.25) is 0 Å². The van der Waals surface area contributed by atoms with E-state index in [1.54, 1.807) is 0 Å². The van der Waals surface area contributed by atoms with Crippen molar-refractivity contribution in [2.75, 3.05) is 25.6 Å². The molecule has 1 aromatic heterocycles. The number of nitrogens with zero attached hydrogens (tertiary/aromatic N) is 2. The number of hydrogen-bond acceptors (Lipinski definition) is 10. The Balaban J connectivity index is 2.12. The second kappa shape index (κ2) is 12.4. The molecule has 0 spiro atoms. The Labute approximate surface area is 186 Å². The Bertz CT molecular complexity index is 882. The van der Waals surface area contributed by atoms with E-state index < -0.39 is 46.4 Å². The minimum atomic E-state index is -4.45. The SMILES string of the molecule is CCCCOP(=O)(O)OCC1O[C@@H](n2ccc(N)nc2=O)C[C@@H]1OP(=O)(O)OCCCC. The van der Waals surface area contributed by atoms with Gasteiger partial charge in [-0.1, -0.05) is 26.7 Å². The summed E-state index contributed by atoms with van der Waals surface area (Å²) >= 11 is 0. The second-order valence-electron chi connectivity index (χ2n) is 7.16. The lowest BCUT2D eigenvalue weighted by Gasteiger charge is -2.22. The molecular formula is C17H31N3O10P2. The van der Waals surface area contributed by atoms with Gasteiger partial charge in [-0.25, -0.2) is 13.9 Å². The Morgan fingerprint density at radius 3 is 2.38 bits per heavy atom. The zero-order valence-corrected chi connectivity index (χ0v) is 19.9. The lowest BCUT2D eigenvalue weighted by Crippen LogP contribution is -2.29. The number of aromatic nitrogens is 2. The third kappa shape index (κ3) is 8.66. The fourth-order valence-corrected chi connectivity index (χ4v) is 4.59. The molecule has 32 heavy (non-hydrogen) atoms. The Hall–Kier alpha value is -1.14. The van der Waals surface area contributed by atoms with Gasteiger partial charge in [0.1, 0.15) is 24.3 Å². The third-order valence-corrected chi connectivity index (χ3v) is 6.55. The number of phosphoric ester groups is 2. The summed E-state index contributed by atoms with van der Waals surface area (Å²) in [6, 6.07) is 1.39. The van der Waals surface area contributed by atoms with Gasteiger partial charge in [-0.2, -0.15) is 4.98 Å². The average Bonchev–Trinajstić information content (AvgIpc) is 3.08. The molecule has 3 unspecified atom stereocenters. The van der Waals surface area contributed by atoms with E-state index in [0.29, 0.717) is 12.8 Å². The van der Waals surface area contributed by atoms with Crippen LogP contribution in [0.15, 0.2) is 17.1 Å². The van der Waals surface area contributed by atoms with E-state index in [2.05, 4.69) is 4.98 Å². The van der Waals surface area contributed by atoms with Crippen molar-refractivity contribution in [2.24, 2.45) is 0 Å². The molecule has 2 heterocycles. The van der Waals surface area contributed by atoms with Crippen LogP contribution in [-0.4, -0.2) is 51.4 Å². The number of nitrogen functional groups attached to an aromatic ring is 1. The molecule has 1 fully saturated rings. The molecule has 0 bridgehead atoms. The van der Waals surface area contributed by atoms with Crippen LogP contribution in [-0.2, 0) is 32.0 Å². The first-order valence-electron chi connectivity index (χ1n) is 10.3. The minimum Gasteiger partial charge on any atom is -0.383 e. The highest BCUT2D eigenvalue weighted by Crippen LogP contribution is 2.49. The van der Waals surface area contributed by atoms with Crippen molar-refractivity contribution in [3.63, 3.8) is 0 Å². The first-order chi connectivity index (χ1) is 15.1. The molecule has 1 saturated heterocycles. The summed E-state index contributed by atoms with van der Waals surface area (Å²) in [7, 11) is -8.83. The highest BCUT2D eigenvalue weighted by molar-refractivity contribution is 7.47. The predicted molar refractivity (Wildman–Crippen MR) is 114 cm³/mol. The zero-order chi connectivity index (χ0) is 23.8. The number of unbranched alkanes of at least 4 members (excludes halogenated alkanes) is 2. The molecule has 1 aliphatic heterocycles. The van der Waals surface area contributed by atoms with Gasteiger partial charge in [0.25, 0.3) is 0 Å². The maximum absolute atomic E-state index is 12.3. The number of anilines is 1. The fraction of sp³-hybridized carbons (Fsp3) is 0.765. The molecule has 0 aromatic carbocycles. The largest absolute Gasteiger partial charge is 0.472 e. The van der Waals surface area contributed by atoms with Gasteiger partial charge in [-0.05, 0) is 18.9 Å². The van der Waals surface area contributed by atoms with Crippen LogP contribution in [0.2, 0.25) is 0 Å². The Morgan fingerprint density at radius 2 is 1.78 bits per heavy atom. The van der Waals surface area contributed by atoms with Crippen molar-refractivity contribution in [3.05, 3.63) is 22.7 Å². The van der Waals surface area contributed by atoms with Gasteiger partial charge in [0.15, 0.2) is 0 Å². The van der Waals surface area contributed by atoms with Crippen molar-refractivity contribution in [1.29, 1.82) is 0 Å². The number of ether oxygens (including phenoxy) is 1. The first kappa shape index (κ1) is 27.1. The van der Waals surface area contributed by atoms with Crippen molar-refractivity contribution < 1.29 is 41.7 Å². The summed E-state index contributed by atoms with van der Waals surface area (Å²) in [5.74, 6) is 0.0200. The minimum absolute atomic E-state index is 0.0148. The molecule has 0 amide bonds. The summed E-state index contributed by atoms with van der Waals surface area (Å²) in [6.45, 7) is 3.34. The van der Waals surface area contributed by atoms with Crippen molar-refractivity contribution in [1.82, 2.24) is 9.55 Å². The maximum atomic E-state index is 12.3. The molecule has 0 aliphatic carbocycles. The van der Waals surface area contributed by atoms with E-state index in [1.165, 1.54) is 12.3 Å². The zero-order valence-electron chi connectivity index (χ0n) is 18.1. The predicted octanol–water partition coefficient (Wildman–Crippen LogP) is 2.35. The number of hydrogen-bond donors (Lipinski definition) is 3. The van der Waals surface area contributed by atoms with E-state index >= 15 is 0 Å². The number of phosphoric acid groups is 2. The maximum Gasteiger partial charge on any atom is 0.472 e. The summed E-state index contributed by atoms with van der Waals surface area (Å²) in [4.78, 5) is 35.6. The molecule has 1 aromatic rings. The van der Waals surface area contributed by atoms with E-state index in [4.69, 9.17) is 28.6 Å². The van der Waals surface area contributed by atoms with Gasteiger partial charge in [0, 0.05) is 12.6 Å². The van der Waals surface area contributed by atoms with Crippen molar-refractivity contribution in [2.45, 2.75) is 64.4 Å². The van der Waals surface area contributed by atoms with Crippen LogP contribution in [0.25, 0.3) is 0 Å². The molecule has 0 radical (unpaired) electrons. The van der Waals surface area contributed by atoms with Crippen molar-refractivity contribution in [3.8, 4) is 0 Å². The third-order valence-electron chi connectivity index (χ3n) is 4.52. The van der Waals surface area contributed by atoms with Crippen LogP contribution >= 0.6 is 15.6 Å². The topological polar surface area (TPSA) is 182 Å². The van der Waals surface area contributed by atoms with Crippen LogP contribution in [0.4, 0.5) is 5.82 Å². The molecule has 4 N–H and O–H groups in total. The number of rotatable bonds is 14. The summed E-state index contributed by atoms with van der Waals surface area (Å²) in [5, 5.41) is 0. The van der Waals surface area contributed by atoms with E-state index in [-0.39, 0.29) is 25.5 Å². The van der Waals surface area contributed by atoms with E-state index in [1.807, 2.05) is 13.8 Å². The van der Waals surface area contributed by atoms with E-state index in [0.717, 1.165) is 17.4 Å². The van der Waals surface area contributed by atoms with Gasteiger partial charge in [-0.15, -0.1) is 0 Å². The molecular weight excluding hydrogens is 468 g/mol. The summed E-state index contributed by atoms with van der Waals surface area (Å²) in [5.41, 5.74) is 4.80. The highest BCUT2D eigenvalue weighted by atomic mass is 31.2.